The summed E-state index contributed by atoms with van der Waals surface area (Å²) in [6.45, 7) is 6.38. The van der Waals surface area contributed by atoms with Gasteiger partial charge < -0.3 is 15.1 Å². The highest BCUT2D eigenvalue weighted by atomic mass is 32.1. The molecule has 1 aliphatic heterocycles. The van der Waals surface area contributed by atoms with Gasteiger partial charge in [-0.3, -0.25) is 9.59 Å². The van der Waals surface area contributed by atoms with E-state index in [1.807, 2.05) is 14.1 Å². The van der Waals surface area contributed by atoms with Gasteiger partial charge in [0.1, 0.15) is 5.01 Å². The first-order chi connectivity index (χ1) is 11.3. The molecule has 1 aromatic rings. The second-order valence-electron chi connectivity index (χ2n) is 6.99. The van der Waals surface area contributed by atoms with Crippen LogP contribution in [0.4, 0.5) is 5.13 Å². The smallest absolute Gasteiger partial charge is 0.231 e. The maximum absolute atomic E-state index is 12.4. The Bertz CT molecular complexity index is 573. The van der Waals surface area contributed by atoms with Crippen LogP contribution in [-0.2, 0) is 16.0 Å². The van der Waals surface area contributed by atoms with Crippen molar-refractivity contribution in [2.75, 3.05) is 39.0 Å². The van der Waals surface area contributed by atoms with Gasteiger partial charge in [-0.2, -0.15) is 0 Å². The van der Waals surface area contributed by atoms with Gasteiger partial charge in [-0.25, -0.2) is 0 Å². The zero-order valence-corrected chi connectivity index (χ0v) is 15.7. The van der Waals surface area contributed by atoms with E-state index in [1.54, 1.807) is 4.90 Å². The van der Waals surface area contributed by atoms with Crippen LogP contribution in [0.5, 0.6) is 0 Å². The van der Waals surface area contributed by atoms with Gasteiger partial charge in [0.25, 0.3) is 0 Å². The van der Waals surface area contributed by atoms with E-state index in [0.717, 1.165) is 24.4 Å². The van der Waals surface area contributed by atoms with Crippen molar-refractivity contribution in [1.82, 2.24) is 20.0 Å². The van der Waals surface area contributed by atoms with E-state index in [9.17, 15) is 9.59 Å². The lowest BCUT2D eigenvalue weighted by atomic mass is 10.1. The number of aromatic nitrogens is 2. The molecule has 134 valence electrons. The first-order valence-corrected chi connectivity index (χ1v) is 9.22. The van der Waals surface area contributed by atoms with Crippen molar-refractivity contribution >= 4 is 28.3 Å². The Hall–Kier alpha value is -1.54. The Balaban J connectivity index is 1.82. The van der Waals surface area contributed by atoms with Crippen molar-refractivity contribution in [3.63, 3.8) is 0 Å². The van der Waals surface area contributed by atoms with E-state index in [0.29, 0.717) is 24.1 Å². The summed E-state index contributed by atoms with van der Waals surface area (Å²) in [5.41, 5.74) is 0. The molecule has 7 nitrogen and oxygen atoms in total. The molecule has 1 N–H and O–H groups in total. The molecule has 1 aliphatic rings. The number of hydrogen-bond acceptors (Lipinski definition) is 6. The number of carbonyl (C=O) groups excluding carboxylic acids is 2. The van der Waals surface area contributed by atoms with E-state index < -0.39 is 0 Å². The highest BCUT2D eigenvalue weighted by Crippen LogP contribution is 2.22. The van der Waals surface area contributed by atoms with Crippen LogP contribution in [0.2, 0.25) is 0 Å². The Morgan fingerprint density at radius 1 is 1.42 bits per heavy atom. The molecule has 1 fully saturated rings. The first-order valence-electron chi connectivity index (χ1n) is 8.41. The lowest BCUT2D eigenvalue weighted by molar-refractivity contribution is -0.128. The van der Waals surface area contributed by atoms with Gasteiger partial charge in [0.2, 0.25) is 16.9 Å². The minimum absolute atomic E-state index is 0.0617. The molecule has 2 rings (SSSR count). The van der Waals surface area contributed by atoms with Gasteiger partial charge in [-0.15, -0.1) is 10.2 Å². The number of hydrogen-bond donors (Lipinski definition) is 1. The lowest BCUT2D eigenvalue weighted by Crippen LogP contribution is -2.30. The van der Waals surface area contributed by atoms with E-state index in [1.165, 1.54) is 11.3 Å². The highest BCUT2D eigenvalue weighted by molar-refractivity contribution is 7.15. The zero-order valence-electron chi connectivity index (χ0n) is 14.9. The Morgan fingerprint density at radius 3 is 2.83 bits per heavy atom. The van der Waals surface area contributed by atoms with Crippen LogP contribution < -0.4 is 5.32 Å². The fourth-order valence-electron chi connectivity index (χ4n) is 2.68. The maximum atomic E-state index is 12.4. The zero-order chi connectivity index (χ0) is 17.7. The Morgan fingerprint density at radius 2 is 2.17 bits per heavy atom. The van der Waals surface area contributed by atoms with Crippen molar-refractivity contribution in [3.8, 4) is 0 Å². The fourth-order valence-corrected chi connectivity index (χ4v) is 3.64. The number of carbonyl (C=O) groups is 2. The number of likely N-dealkylation sites (tertiary alicyclic amines) is 1. The topological polar surface area (TPSA) is 78.4 Å². The number of anilines is 1. The quantitative estimate of drug-likeness (QED) is 0.766. The molecule has 1 atom stereocenters. The molecule has 0 aliphatic carbocycles. The molecule has 0 bridgehead atoms. The molecule has 1 saturated heterocycles. The lowest BCUT2D eigenvalue weighted by Gasteiger charge is -2.17. The first kappa shape index (κ1) is 18.8. The molecule has 0 aromatic carbocycles. The van der Waals surface area contributed by atoms with Crippen molar-refractivity contribution in [2.45, 2.75) is 33.1 Å². The summed E-state index contributed by atoms with van der Waals surface area (Å²) in [5.74, 6) is 0.136. The van der Waals surface area contributed by atoms with Crippen molar-refractivity contribution in [2.24, 2.45) is 11.8 Å². The molecule has 24 heavy (non-hydrogen) atoms. The second kappa shape index (κ2) is 8.53. The van der Waals surface area contributed by atoms with Gasteiger partial charge in [-0.1, -0.05) is 25.2 Å². The number of amides is 2. The minimum Gasteiger partial charge on any atom is -0.342 e. The molecule has 2 heterocycles. The molecule has 1 aromatic heterocycles. The van der Waals surface area contributed by atoms with Crippen LogP contribution in [0.3, 0.4) is 0 Å². The summed E-state index contributed by atoms with van der Waals surface area (Å²) in [7, 11) is 4.02. The van der Waals surface area contributed by atoms with E-state index in [-0.39, 0.29) is 24.2 Å². The third kappa shape index (κ3) is 5.52. The normalized spacial score (nSPS) is 18.0. The summed E-state index contributed by atoms with van der Waals surface area (Å²) >= 11 is 1.41. The molecular weight excluding hydrogens is 326 g/mol. The van der Waals surface area contributed by atoms with Crippen molar-refractivity contribution < 1.29 is 9.59 Å². The number of nitrogens with one attached hydrogen (secondary N) is 1. The molecule has 8 heteroatoms. The van der Waals surface area contributed by atoms with Gasteiger partial charge >= 0.3 is 0 Å². The number of rotatable bonds is 8. The van der Waals surface area contributed by atoms with Crippen LogP contribution >= 0.6 is 11.3 Å². The van der Waals surface area contributed by atoms with Gasteiger partial charge in [0.15, 0.2) is 0 Å². The third-order valence-corrected chi connectivity index (χ3v) is 4.76. The highest BCUT2D eigenvalue weighted by Gasteiger charge is 2.34. The van der Waals surface area contributed by atoms with Gasteiger partial charge in [0, 0.05) is 25.9 Å². The van der Waals surface area contributed by atoms with Crippen LogP contribution in [-0.4, -0.2) is 65.5 Å². The SMILES string of the molecule is CC(C)Cc1nnc(NC(=O)C2CC(=O)N(CCCN(C)C)C2)s1. The summed E-state index contributed by atoms with van der Waals surface area (Å²) < 4.78 is 0. The van der Waals surface area contributed by atoms with Gasteiger partial charge in [0.05, 0.1) is 5.92 Å². The summed E-state index contributed by atoms with van der Waals surface area (Å²) in [5, 5.41) is 12.4. The Labute approximate surface area is 147 Å². The molecule has 2 amide bonds. The average Bonchev–Trinajstić information content (AvgIpc) is 3.05. The van der Waals surface area contributed by atoms with E-state index in [4.69, 9.17) is 0 Å². The average molecular weight is 353 g/mol. The minimum atomic E-state index is -0.297. The summed E-state index contributed by atoms with van der Waals surface area (Å²) in [6.07, 6.45) is 2.06. The summed E-state index contributed by atoms with van der Waals surface area (Å²) in [4.78, 5) is 28.3. The van der Waals surface area contributed by atoms with Gasteiger partial charge in [-0.05, 0) is 33.0 Å². The number of nitrogens with zero attached hydrogens (tertiary/aromatic N) is 4. The van der Waals surface area contributed by atoms with Crippen molar-refractivity contribution in [1.29, 1.82) is 0 Å². The van der Waals surface area contributed by atoms with Crippen LogP contribution in [0.25, 0.3) is 0 Å². The van der Waals surface area contributed by atoms with Crippen LogP contribution in [0, 0.1) is 11.8 Å². The summed E-state index contributed by atoms with van der Waals surface area (Å²) in [6, 6.07) is 0. The largest absolute Gasteiger partial charge is 0.342 e. The Kier molecular flexibility index (Phi) is 6.68. The molecular formula is C16H27N5O2S. The van der Waals surface area contributed by atoms with E-state index in [2.05, 4.69) is 34.3 Å². The van der Waals surface area contributed by atoms with Crippen LogP contribution in [0.15, 0.2) is 0 Å². The monoisotopic (exact) mass is 353 g/mol. The van der Waals surface area contributed by atoms with Crippen LogP contribution in [0.1, 0.15) is 31.7 Å². The predicted molar refractivity (Wildman–Crippen MR) is 94.9 cm³/mol. The molecule has 0 saturated carbocycles. The molecule has 1 unspecified atom stereocenters. The molecule has 0 spiro atoms. The fraction of sp³-hybridized carbons (Fsp3) is 0.750. The second-order valence-corrected chi connectivity index (χ2v) is 8.05. The van der Waals surface area contributed by atoms with Crippen molar-refractivity contribution in [3.05, 3.63) is 5.01 Å². The third-order valence-electron chi connectivity index (χ3n) is 3.90. The standard InChI is InChI=1S/C16H27N5O2S/c1-11(2)8-13-18-19-16(24-13)17-15(23)12-9-14(22)21(10-12)7-5-6-20(3)4/h11-12H,5-10H2,1-4H3,(H,17,19,23). The van der Waals surface area contributed by atoms with E-state index >= 15 is 0 Å². The maximum Gasteiger partial charge on any atom is 0.231 e. The molecule has 0 radical (unpaired) electrons. The predicted octanol–water partition coefficient (Wildman–Crippen LogP) is 1.48.